The van der Waals surface area contributed by atoms with Crippen LogP contribution in [0.1, 0.15) is 37.7 Å². The summed E-state index contributed by atoms with van der Waals surface area (Å²) in [5.41, 5.74) is 7.35. The molecule has 5 rings (SSSR count). The van der Waals surface area contributed by atoms with Crippen LogP contribution >= 0.6 is 0 Å². The van der Waals surface area contributed by atoms with Gasteiger partial charge in [-0.25, -0.2) is 14.5 Å². The molecule has 0 radical (unpaired) electrons. The first kappa shape index (κ1) is 24.8. The van der Waals surface area contributed by atoms with Crippen molar-refractivity contribution in [2.24, 2.45) is 0 Å². The summed E-state index contributed by atoms with van der Waals surface area (Å²) in [5.74, 6) is -0.633. The van der Waals surface area contributed by atoms with Crippen LogP contribution in [0.4, 0.5) is 0 Å². The predicted octanol–water partition coefficient (Wildman–Crippen LogP) is 6.57. The Morgan fingerprint density at radius 2 is 1.42 bits per heavy atom. The first-order valence-electron chi connectivity index (χ1n) is 12.4. The lowest BCUT2D eigenvalue weighted by molar-refractivity contribution is 0.0462. The number of aryl methyl sites for hydroxylation is 3. The average molecular weight is 502 g/mol. The van der Waals surface area contributed by atoms with Crippen LogP contribution in [-0.2, 0) is 4.74 Å². The van der Waals surface area contributed by atoms with Crippen LogP contribution in [0.3, 0.4) is 0 Å². The fraction of sp³-hybridized carbons (Fsp3) is 0.125. The average Bonchev–Trinajstić information content (AvgIpc) is 3.37. The summed E-state index contributed by atoms with van der Waals surface area (Å²) in [6, 6.07) is 31.0. The van der Waals surface area contributed by atoms with Crippen LogP contribution in [0.25, 0.3) is 28.2 Å². The van der Waals surface area contributed by atoms with Crippen molar-refractivity contribution in [3.8, 4) is 28.2 Å². The Kier molecular flexibility index (Phi) is 6.96. The second-order valence-corrected chi connectivity index (χ2v) is 9.27. The van der Waals surface area contributed by atoms with Crippen molar-refractivity contribution >= 4 is 11.8 Å². The fourth-order valence-corrected chi connectivity index (χ4v) is 4.34. The first-order valence-corrected chi connectivity index (χ1v) is 12.4. The fourth-order valence-electron chi connectivity index (χ4n) is 4.34. The van der Waals surface area contributed by atoms with Gasteiger partial charge in [0.2, 0.25) is 0 Å². The van der Waals surface area contributed by atoms with Crippen molar-refractivity contribution in [3.05, 3.63) is 125 Å². The van der Waals surface area contributed by atoms with Crippen molar-refractivity contribution in [2.45, 2.75) is 20.8 Å². The van der Waals surface area contributed by atoms with E-state index in [-0.39, 0.29) is 11.6 Å². The minimum absolute atomic E-state index is 0.103. The summed E-state index contributed by atoms with van der Waals surface area (Å²) in [6.07, 6.45) is 0. The van der Waals surface area contributed by atoms with Gasteiger partial charge in [-0.05, 0) is 49.6 Å². The van der Waals surface area contributed by atoms with Gasteiger partial charge in [-0.2, -0.15) is 0 Å². The van der Waals surface area contributed by atoms with Gasteiger partial charge in [0.1, 0.15) is 0 Å². The standard InChI is InChI=1S/C32H27N3O3/c1-21-8-7-11-27(19-21)31-33-30(34-35(31)28-17-12-22(2)18-23(28)3)32(37)38-20-29(36)26-15-13-25(14-16-26)24-9-5-4-6-10-24/h4-19H,20H2,1-3H3. The van der Waals surface area contributed by atoms with Crippen LogP contribution in [0.5, 0.6) is 0 Å². The molecule has 5 aromatic rings. The van der Waals surface area contributed by atoms with E-state index in [4.69, 9.17) is 4.74 Å². The van der Waals surface area contributed by atoms with Crippen LogP contribution < -0.4 is 0 Å². The minimum Gasteiger partial charge on any atom is -0.451 e. The molecule has 1 heterocycles. The van der Waals surface area contributed by atoms with Gasteiger partial charge in [0.15, 0.2) is 18.2 Å². The van der Waals surface area contributed by atoms with Crippen molar-refractivity contribution < 1.29 is 14.3 Å². The zero-order chi connectivity index (χ0) is 26.6. The molecule has 4 aromatic carbocycles. The van der Waals surface area contributed by atoms with Gasteiger partial charge in [0.05, 0.1) is 5.69 Å². The first-order chi connectivity index (χ1) is 18.4. The Balaban J connectivity index is 1.37. The number of aromatic nitrogens is 3. The maximum atomic E-state index is 12.9. The summed E-state index contributed by atoms with van der Waals surface area (Å²) < 4.78 is 7.00. The van der Waals surface area contributed by atoms with E-state index < -0.39 is 12.6 Å². The molecule has 0 saturated heterocycles. The van der Waals surface area contributed by atoms with Crippen molar-refractivity contribution in [1.29, 1.82) is 0 Å². The number of hydrogen-bond donors (Lipinski definition) is 0. The quantitative estimate of drug-likeness (QED) is 0.186. The van der Waals surface area contributed by atoms with E-state index in [1.807, 2.05) is 99.6 Å². The molecule has 38 heavy (non-hydrogen) atoms. The topological polar surface area (TPSA) is 74.1 Å². The van der Waals surface area contributed by atoms with Crippen LogP contribution in [0, 0.1) is 20.8 Å². The number of esters is 1. The highest BCUT2D eigenvalue weighted by Crippen LogP contribution is 2.25. The second kappa shape index (κ2) is 10.6. The second-order valence-electron chi connectivity index (χ2n) is 9.27. The number of ether oxygens (including phenoxy) is 1. The van der Waals surface area contributed by atoms with E-state index in [2.05, 4.69) is 16.1 Å². The number of carbonyl (C=O) groups is 2. The Labute approximate surface area is 221 Å². The van der Waals surface area contributed by atoms with Crippen LogP contribution in [-0.4, -0.2) is 33.1 Å². The van der Waals surface area contributed by atoms with Gasteiger partial charge in [0, 0.05) is 11.1 Å². The minimum atomic E-state index is -0.753. The smallest absolute Gasteiger partial charge is 0.378 e. The molecule has 6 heteroatoms. The Bertz CT molecular complexity index is 1620. The van der Waals surface area contributed by atoms with E-state index in [1.54, 1.807) is 16.8 Å². The number of carbonyl (C=O) groups excluding carboxylic acids is 2. The number of nitrogens with zero attached hydrogens (tertiary/aromatic N) is 3. The van der Waals surface area contributed by atoms with Gasteiger partial charge < -0.3 is 4.74 Å². The van der Waals surface area contributed by atoms with Crippen molar-refractivity contribution in [3.63, 3.8) is 0 Å². The molecule has 0 aliphatic carbocycles. The van der Waals surface area contributed by atoms with Gasteiger partial charge in [-0.1, -0.05) is 96.1 Å². The number of hydrogen-bond acceptors (Lipinski definition) is 5. The molecule has 6 nitrogen and oxygen atoms in total. The lowest BCUT2D eigenvalue weighted by Crippen LogP contribution is -2.15. The summed E-state index contributed by atoms with van der Waals surface area (Å²) in [7, 11) is 0. The highest BCUT2D eigenvalue weighted by atomic mass is 16.5. The predicted molar refractivity (Wildman–Crippen MR) is 147 cm³/mol. The van der Waals surface area contributed by atoms with E-state index >= 15 is 0 Å². The lowest BCUT2D eigenvalue weighted by Gasteiger charge is -2.10. The zero-order valence-electron chi connectivity index (χ0n) is 21.5. The number of ketones is 1. The zero-order valence-corrected chi connectivity index (χ0v) is 21.5. The van der Waals surface area contributed by atoms with Crippen LogP contribution in [0.15, 0.2) is 97.1 Å². The molecular formula is C32H27N3O3. The largest absolute Gasteiger partial charge is 0.451 e. The Morgan fingerprint density at radius 3 is 2.13 bits per heavy atom. The summed E-state index contributed by atoms with van der Waals surface area (Å²) in [6.45, 7) is 5.61. The molecule has 0 aliphatic heterocycles. The van der Waals surface area contributed by atoms with E-state index in [1.165, 1.54) is 0 Å². The summed E-state index contributed by atoms with van der Waals surface area (Å²) in [5, 5.41) is 4.49. The van der Waals surface area contributed by atoms with Crippen LogP contribution in [0.2, 0.25) is 0 Å². The highest BCUT2D eigenvalue weighted by Gasteiger charge is 2.22. The summed E-state index contributed by atoms with van der Waals surface area (Å²) >= 11 is 0. The SMILES string of the molecule is Cc1cccc(-c2nc(C(=O)OCC(=O)c3ccc(-c4ccccc4)cc3)nn2-c2ccc(C)cc2C)c1. The molecule has 0 unspecified atom stereocenters. The van der Waals surface area contributed by atoms with E-state index in [0.29, 0.717) is 11.4 Å². The molecule has 0 amide bonds. The molecule has 1 aromatic heterocycles. The molecule has 0 bridgehead atoms. The third kappa shape index (κ3) is 5.30. The molecular weight excluding hydrogens is 474 g/mol. The molecule has 0 aliphatic rings. The van der Waals surface area contributed by atoms with Gasteiger partial charge in [-0.15, -0.1) is 5.10 Å². The number of benzene rings is 4. The van der Waals surface area contributed by atoms with Crippen molar-refractivity contribution in [2.75, 3.05) is 6.61 Å². The molecule has 0 fully saturated rings. The molecule has 0 N–H and O–H groups in total. The summed E-state index contributed by atoms with van der Waals surface area (Å²) in [4.78, 5) is 30.2. The highest BCUT2D eigenvalue weighted by molar-refractivity contribution is 5.99. The van der Waals surface area contributed by atoms with Crippen molar-refractivity contribution in [1.82, 2.24) is 14.8 Å². The molecule has 0 saturated carbocycles. The molecule has 188 valence electrons. The van der Waals surface area contributed by atoms with Gasteiger partial charge >= 0.3 is 5.97 Å². The monoisotopic (exact) mass is 501 g/mol. The molecule has 0 atom stereocenters. The lowest BCUT2D eigenvalue weighted by atomic mass is 10.0. The van der Waals surface area contributed by atoms with E-state index in [0.717, 1.165) is 39.1 Å². The van der Waals surface area contributed by atoms with Gasteiger partial charge in [-0.3, -0.25) is 4.79 Å². The number of Topliss-reactive ketones (excluding diaryl/α,β-unsaturated/α-hetero) is 1. The molecule has 0 spiro atoms. The van der Waals surface area contributed by atoms with Gasteiger partial charge in [0.25, 0.3) is 5.82 Å². The normalized spacial score (nSPS) is 10.8. The third-order valence-electron chi connectivity index (χ3n) is 6.29. The third-order valence-corrected chi connectivity index (χ3v) is 6.29. The maximum absolute atomic E-state index is 12.9. The Hall–Kier alpha value is -4.84. The van der Waals surface area contributed by atoms with E-state index in [9.17, 15) is 9.59 Å². The number of rotatable bonds is 7. The Morgan fingerprint density at radius 1 is 0.737 bits per heavy atom. The maximum Gasteiger partial charge on any atom is 0.378 e.